The summed E-state index contributed by atoms with van der Waals surface area (Å²) >= 11 is 5.91. The summed E-state index contributed by atoms with van der Waals surface area (Å²) in [4.78, 5) is 12.5. The summed E-state index contributed by atoms with van der Waals surface area (Å²) in [5, 5.41) is 4.13. The molecule has 2 unspecified atom stereocenters. The Labute approximate surface area is 125 Å². The van der Waals surface area contributed by atoms with Crippen LogP contribution in [0.15, 0.2) is 24.3 Å². The van der Waals surface area contributed by atoms with Gasteiger partial charge >= 0.3 is 5.97 Å². The standard InChI is InChI=1S/C16H22ClNO2/c1-3-12-6-5-11-16(12,15(19)20-4-2)18-14-9-7-13(17)8-10-14/h7-10,12,18H,3-6,11H2,1-2H3. The van der Waals surface area contributed by atoms with Gasteiger partial charge in [-0.05, 0) is 49.9 Å². The molecule has 1 N–H and O–H groups in total. The average molecular weight is 296 g/mol. The van der Waals surface area contributed by atoms with E-state index in [2.05, 4.69) is 12.2 Å². The summed E-state index contributed by atoms with van der Waals surface area (Å²) in [5.41, 5.74) is 0.335. The van der Waals surface area contributed by atoms with Crippen LogP contribution in [0.25, 0.3) is 0 Å². The Hall–Kier alpha value is -1.22. The highest BCUT2D eigenvalue weighted by atomic mass is 35.5. The van der Waals surface area contributed by atoms with Gasteiger partial charge < -0.3 is 10.1 Å². The molecule has 0 aliphatic heterocycles. The fourth-order valence-corrected chi connectivity index (χ4v) is 3.29. The molecule has 3 nitrogen and oxygen atoms in total. The first kappa shape index (κ1) is 15.2. The monoisotopic (exact) mass is 295 g/mol. The van der Waals surface area contributed by atoms with Crippen molar-refractivity contribution in [1.82, 2.24) is 0 Å². The fourth-order valence-electron chi connectivity index (χ4n) is 3.17. The van der Waals surface area contributed by atoms with Crippen LogP contribution in [0.4, 0.5) is 5.69 Å². The first-order chi connectivity index (χ1) is 9.62. The number of halogens is 1. The van der Waals surface area contributed by atoms with Crippen molar-refractivity contribution in [2.45, 2.75) is 45.1 Å². The van der Waals surface area contributed by atoms with Crippen molar-refractivity contribution in [3.05, 3.63) is 29.3 Å². The van der Waals surface area contributed by atoms with E-state index >= 15 is 0 Å². The van der Waals surface area contributed by atoms with Crippen LogP contribution >= 0.6 is 11.6 Å². The highest BCUT2D eigenvalue weighted by Crippen LogP contribution is 2.41. The molecule has 110 valence electrons. The first-order valence-electron chi connectivity index (χ1n) is 7.33. The van der Waals surface area contributed by atoms with E-state index in [0.717, 1.165) is 31.4 Å². The van der Waals surface area contributed by atoms with Gasteiger partial charge in [0.15, 0.2) is 0 Å². The van der Waals surface area contributed by atoms with E-state index in [1.54, 1.807) is 0 Å². The van der Waals surface area contributed by atoms with Crippen LogP contribution in [0.1, 0.15) is 39.5 Å². The molecule has 0 amide bonds. The van der Waals surface area contributed by atoms with Crippen LogP contribution < -0.4 is 5.32 Å². The second-order valence-corrected chi connectivity index (χ2v) is 5.76. The Morgan fingerprint density at radius 2 is 2.10 bits per heavy atom. The third-order valence-electron chi connectivity index (χ3n) is 4.16. The van der Waals surface area contributed by atoms with Crippen LogP contribution in [0.3, 0.4) is 0 Å². The van der Waals surface area contributed by atoms with Gasteiger partial charge in [0.1, 0.15) is 5.54 Å². The van der Waals surface area contributed by atoms with Gasteiger partial charge in [0.05, 0.1) is 6.61 Å². The molecule has 0 aromatic heterocycles. The summed E-state index contributed by atoms with van der Waals surface area (Å²) in [5.74, 6) is 0.191. The van der Waals surface area contributed by atoms with Gasteiger partial charge in [-0.15, -0.1) is 0 Å². The van der Waals surface area contributed by atoms with Gasteiger partial charge in [-0.25, -0.2) is 4.79 Å². The molecule has 0 spiro atoms. The molecule has 1 aromatic carbocycles. The van der Waals surface area contributed by atoms with Crippen LogP contribution in [0.5, 0.6) is 0 Å². The van der Waals surface area contributed by atoms with E-state index in [4.69, 9.17) is 16.3 Å². The third kappa shape index (κ3) is 2.93. The zero-order valence-electron chi connectivity index (χ0n) is 12.1. The SMILES string of the molecule is CCOC(=O)C1(Nc2ccc(Cl)cc2)CCCC1CC. The number of ether oxygens (including phenoxy) is 1. The molecule has 1 aliphatic carbocycles. The average Bonchev–Trinajstić information content (AvgIpc) is 2.85. The number of benzene rings is 1. The Morgan fingerprint density at radius 1 is 1.40 bits per heavy atom. The van der Waals surface area contributed by atoms with Crippen molar-refractivity contribution in [2.75, 3.05) is 11.9 Å². The Balaban J connectivity index is 2.27. The summed E-state index contributed by atoms with van der Waals surface area (Å²) in [6.45, 7) is 4.40. The largest absolute Gasteiger partial charge is 0.464 e. The van der Waals surface area contributed by atoms with E-state index < -0.39 is 5.54 Å². The Morgan fingerprint density at radius 3 is 2.70 bits per heavy atom. The molecule has 1 aromatic rings. The van der Waals surface area contributed by atoms with Gasteiger partial charge in [-0.3, -0.25) is 0 Å². The quantitative estimate of drug-likeness (QED) is 0.825. The summed E-state index contributed by atoms with van der Waals surface area (Å²) in [7, 11) is 0. The zero-order chi connectivity index (χ0) is 14.6. The minimum Gasteiger partial charge on any atom is -0.464 e. The second kappa shape index (κ2) is 6.49. The summed E-state index contributed by atoms with van der Waals surface area (Å²) in [6.07, 6.45) is 3.92. The molecule has 1 saturated carbocycles. The molecule has 1 fully saturated rings. The van der Waals surface area contributed by atoms with Crippen molar-refractivity contribution < 1.29 is 9.53 Å². The van der Waals surface area contributed by atoms with Crippen molar-refractivity contribution in [3.63, 3.8) is 0 Å². The van der Waals surface area contributed by atoms with Gasteiger partial charge in [0.2, 0.25) is 0 Å². The predicted molar refractivity (Wildman–Crippen MR) is 82.1 cm³/mol. The maximum Gasteiger partial charge on any atom is 0.332 e. The van der Waals surface area contributed by atoms with E-state index in [0.29, 0.717) is 17.5 Å². The maximum atomic E-state index is 12.5. The lowest BCUT2D eigenvalue weighted by Gasteiger charge is -2.34. The van der Waals surface area contributed by atoms with Crippen molar-refractivity contribution in [3.8, 4) is 0 Å². The fraction of sp³-hybridized carbons (Fsp3) is 0.562. The minimum atomic E-state index is -0.585. The van der Waals surface area contributed by atoms with Crippen LogP contribution in [-0.4, -0.2) is 18.1 Å². The van der Waals surface area contributed by atoms with Crippen molar-refractivity contribution in [1.29, 1.82) is 0 Å². The molecule has 2 atom stereocenters. The van der Waals surface area contributed by atoms with E-state index in [1.807, 2.05) is 31.2 Å². The highest BCUT2D eigenvalue weighted by Gasteiger charge is 2.49. The Bertz CT molecular complexity index is 460. The van der Waals surface area contributed by atoms with Crippen LogP contribution in [-0.2, 0) is 9.53 Å². The molecule has 0 saturated heterocycles. The number of carbonyl (C=O) groups excluding carboxylic acids is 1. The molecule has 20 heavy (non-hydrogen) atoms. The summed E-state index contributed by atoms with van der Waals surface area (Å²) < 4.78 is 5.33. The minimum absolute atomic E-state index is 0.126. The smallest absolute Gasteiger partial charge is 0.332 e. The summed E-state index contributed by atoms with van der Waals surface area (Å²) in [6, 6.07) is 7.49. The van der Waals surface area contributed by atoms with E-state index in [1.165, 1.54) is 0 Å². The highest BCUT2D eigenvalue weighted by molar-refractivity contribution is 6.30. The zero-order valence-corrected chi connectivity index (χ0v) is 12.9. The molecular weight excluding hydrogens is 274 g/mol. The lowest BCUT2D eigenvalue weighted by atomic mass is 9.84. The van der Waals surface area contributed by atoms with Crippen molar-refractivity contribution in [2.24, 2.45) is 5.92 Å². The van der Waals surface area contributed by atoms with Gasteiger partial charge in [-0.2, -0.15) is 0 Å². The molecule has 2 rings (SSSR count). The first-order valence-corrected chi connectivity index (χ1v) is 7.71. The number of hydrogen-bond donors (Lipinski definition) is 1. The molecule has 1 aliphatic rings. The number of esters is 1. The number of hydrogen-bond acceptors (Lipinski definition) is 3. The number of rotatable bonds is 5. The topological polar surface area (TPSA) is 38.3 Å². The van der Waals surface area contributed by atoms with Crippen LogP contribution in [0.2, 0.25) is 5.02 Å². The lowest BCUT2D eigenvalue weighted by Crippen LogP contribution is -2.50. The van der Waals surface area contributed by atoms with Crippen LogP contribution in [0, 0.1) is 5.92 Å². The second-order valence-electron chi connectivity index (χ2n) is 5.32. The normalized spacial score (nSPS) is 25.4. The molecular formula is C16H22ClNO2. The van der Waals surface area contributed by atoms with Crippen molar-refractivity contribution >= 4 is 23.3 Å². The molecule has 0 radical (unpaired) electrons. The number of anilines is 1. The maximum absolute atomic E-state index is 12.5. The Kier molecular flexibility index (Phi) is 4.92. The molecule has 0 heterocycles. The lowest BCUT2D eigenvalue weighted by molar-refractivity contribution is -0.150. The van der Waals surface area contributed by atoms with Gasteiger partial charge in [0.25, 0.3) is 0 Å². The number of carbonyl (C=O) groups is 1. The van der Waals surface area contributed by atoms with Gasteiger partial charge in [0, 0.05) is 10.7 Å². The molecule has 0 bridgehead atoms. The van der Waals surface area contributed by atoms with E-state index in [9.17, 15) is 4.79 Å². The van der Waals surface area contributed by atoms with Gasteiger partial charge in [-0.1, -0.05) is 31.4 Å². The third-order valence-corrected chi connectivity index (χ3v) is 4.42. The van der Waals surface area contributed by atoms with E-state index in [-0.39, 0.29) is 5.97 Å². The number of nitrogens with one attached hydrogen (secondary N) is 1. The predicted octanol–water partition coefficient (Wildman–Crippen LogP) is 4.26. The molecule has 4 heteroatoms.